The first-order chi connectivity index (χ1) is 10.4. The van der Waals surface area contributed by atoms with E-state index in [2.05, 4.69) is 15.4 Å². The molecule has 2 aromatic heterocycles. The van der Waals surface area contributed by atoms with Gasteiger partial charge in [-0.15, -0.1) is 5.10 Å². The molecule has 0 aromatic carbocycles. The van der Waals surface area contributed by atoms with Gasteiger partial charge in [-0.25, -0.2) is 4.52 Å². The zero-order valence-corrected chi connectivity index (χ0v) is 13.2. The maximum absolute atomic E-state index is 12.8. The van der Waals surface area contributed by atoms with Crippen molar-refractivity contribution in [2.45, 2.75) is 38.9 Å². The molecule has 2 amide bonds. The van der Waals surface area contributed by atoms with Gasteiger partial charge in [-0.2, -0.15) is 4.98 Å². The van der Waals surface area contributed by atoms with Crippen molar-refractivity contribution in [1.29, 1.82) is 0 Å². The monoisotopic (exact) mass is 321 g/mol. The number of hydrogen-bond donors (Lipinski definition) is 1. The Balaban J connectivity index is 1.98. The number of aromatic nitrogens is 3. The summed E-state index contributed by atoms with van der Waals surface area (Å²) in [5.41, 5.74) is 1.00. The lowest BCUT2D eigenvalue weighted by molar-refractivity contribution is -0.130. The fourth-order valence-electron chi connectivity index (χ4n) is 2.68. The average molecular weight is 322 g/mol. The van der Waals surface area contributed by atoms with Gasteiger partial charge < -0.3 is 10.2 Å². The molecule has 0 saturated carbocycles. The van der Waals surface area contributed by atoms with Crippen LogP contribution in [0.25, 0.3) is 5.65 Å². The van der Waals surface area contributed by atoms with Gasteiger partial charge in [-0.05, 0) is 44.5 Å². The Kier molecular flexibility index (Phi) is 3.52. The van der Waals surface area contributed by atoms with Crippen molar-refractivity contribution in [3.63, 3.8) is 0 Å². The highest BCUT2D eigenvalue weighted by Gasteiger charge is 2.38. The first kappa shape index (κ1) is 14.8. The number of halogens is 1. The molecular formula is C14H16ClN5O2. The highest BCUT2D eigenvalue weighted by Crippen LogP contribution is 2.19. The van der Waals surface area contributed by atoms with Crippen molar-refractivity contribution in [3.8, 4) is 0 Å². The molecule has 3 heterocycles. The van der Waals surface area contributed by atoms with E-state index in [1.807, 2.05) is 13.8 Å². The average Bonchev–Trinajstić information content (AvgIpc) is 2.84. The van der Waals surface area contributed by atoms with Crippen LogP contribution in [-0.4, -0.2) is 49.4 Å². The van der Waals surface area contributed by atoms with Crippen LogP contribution in [-0.2, 0) is 4.79 Å². The van der Waals surface area contributed by atoms with Gasteiger partial charge in [-0.3, -0.25) is 9.59 Å². The Morgan fingerprint density at radius 2 is 2.05 bits per heavy atom. The van der Waals surface area contributed by atoms with Crippen molar-refractivity contribution >= 4 is 29.1 Å². The van der Waals surface area contributed by atoms with Crippen LogP contribution in [0.15, 0.2) is 18.3 Å². The number of carbonyl (C=O) groups excluding carboxylic acids is 2. The van der Waals surface area contributed by atoms with Crippen LogP contribution < -0.4 is 5.32 Å². The molecule has 3 atom stereocenters. The van der Waals surface area contributed by atoms with Gasteiger partial charge in [0.2, 0.25) is 11.2 Å². The summed E-state index contributed by atoms with van der Waals surface area (Å²) >= 11 is 5.76. The van der Waals surface area contributed by atoms with Crippen molar-refractivity contribution in [1.82, 2.24) is 24.8 Å². The molecule has 1 saturated heterocycles. The van der Waals surface area contributed by atoms with Crippen LogP contribution in [0.2, 0.25) is 5.28 Å². The number of fused-ring (bicyclic) bond motifs is 1. The summed E-state index contributed by atoms with van der Waals surface area (Å²) in [6, 6.07) is 2.62. The summed E-state index contributed by atoms with van der Waals surface area (Å²) in [7, 11) is 0. The van der Waals surface area contributed by atoms with E-state index in [0.29, 0.717) is 11.2 Å². The summed E-state index contributed by atoms with van der Waals surface area (Å²) in [5, 5.41) is 6.98. The van der Waals surface area contributed by atoms with Gasteiger partial charge in [0.1, 0.15) is 6.04 Å². The van der Waals surface area contributed by atoms with Crippen molar-refractivity contribution < 1.29 is 9.59 Å². The molecule has 0 aliphatic carbocycles. The minimum Gasteiger partial charge on any atom is -0.350 e. The van der Waals surface area contributed by atoms with E-state index in [9.17, 15) is 9.59 Å². The van der Waals surface area contributed by atoms with E-state index in [0.717, 1.165) is 0 Å². The number of nitrogens with one attached hydrogen (secondary N) is 1. The van der Waals surface area contributed by atoms with Gasteiger partial charge in [0.25, 0.3) is 5.91 Å². The van der Waals surface area contributed by atoms with Gasteiger partial charge in [0.15, 0.2) is 5.65 Å². The first-order valence-corrected chi connectivity index (χ1v) is 7.41. The molecule has 22 heavy (non-hydrogen) atoms. The van der Waals surface area contributed by atoms with Crippen LogP contribution in [0.5, 0.6) is 0 Å². The number of rotatable bonds is 1. The second-order valence-electron chi connectivity index (χ2n) is 5.53. The Bertz CT molecular complexity index is 759. The lowest BCUT2D eigenvalue weighted by Crippen LogP contribution is -2.64. The third-order valence-electron chi connectivity index (χ3n) is 4.12. The number of amides is 2. The topological polar surface area (TPSA) is 79.6 Å². The highest BCUT2D eigenvalue weighted by molar-refractivity contribution is 6.28. The summed E-state index contributed by atoms with van der Waals surface area (Å²) in [5.74, 6) is -0.362. The Hall–Kier alpha value is -2.15. The van der Waals surface area contributed by atoms with E-state index < -0.39 is 6.04 Å². The summed E-state index contributed by atoms with van der Waals surface area (Å²) in [6.07, 6.45) is 1.58. The molecule has 7 nitrogen and oxygen atoms in total. The third kappa shape index (κ3) is 2.31. The highest BCUT2D eigenvalue weighted by atomic mass is 35.5. The van der Waals surface area contributed by atoms with Crippen LogP contribution in [0.4, 0.5) is 0 Å². The standard InChI is InChI=1S/C14H16ClN5O2/c1-7-8(2)20(9(3)12(21)16-7)13(22)10-4-5-11-17-14(15)18-19(11)6-10/h4-9H,1-3H3,(H,16,21). The quantitative estimate of drug-likeness (QED) is 0.853. The molecule has 3 rings (SSSR count). The summed E-state index contributed by atoms with van der Waals surface area (Å²) in [4.78, 5) is 30.4. The van der Waals surface area contributed by atoms with E-state index in [4.69, 9.17) is 11.6 Å². The molecule has 0 bridgehead atoms. The second-order valence-corrected chi connectivity index (χ2v) is 5.87. The predicted octanol–water partition coefficient (Wildman–Crippen LogP) is 1.12. The van der Waals surface area contributed by atoms with E-state index in [-0.39, 0.29) is 29.2 Å². The number of nitrogens with zero attached hydrogens (tertiary/aromatic N) is 4. The minimum atomic E-state index is -0.520. The Morgan fingerprint density at radius 1 is 1.32 bits per heavy atom. The SMILES string of the molecule is CC1NC(=O)C(C)N(C(=O)c2ccc3nc(Cl)nn3c2)C1C. The molecule has 1 N–H and O–H groups in total. The predicted molar refractivity (Wildman–Crippen MR) is 80.7 cm³/mol. The number of carbonyl (C=O) groups is 2. The number of hydrogen-bond acceptors (Lipinski definition) is 4. The van der Waals surface area contributed by atoms with Crippen LogP contribution >= 0.6 is 11.6 Å². The smallest absolute Gasteiger partial charge is 0.256 e. The third-order valence-corrected chi connectivity index (χ3v) is 4.28. The molecular weight excluding hydrogens is 306 g/mol. The summed E-state index contributed by atoms with van der Waals surface area (Å²) < 4.78 is 1.46. The molecule has 2 aromatic rings. The second kappa shape index (κ2) is 5.24. The fraction of sp³-hybridized carbons (Fsp3) is 0.429. The zero-order chi connectivity index (χ0) is 16.0. The molecule has 3 unspecified atom stereocenters. The molecule has 0 radical (unpaired) electrons. The normalized spacial score (nSPS) is 25.4. The van der Waals surface area contributed by atoms with Crippen LogP contribution in [0.1, 0.15) is 31.1 Å². The number of pyridine rings is 1. The summed E-state index contributed by atoms with van der Waals surface area (Å²) in [6.45, 7) is 5.53. The maximum atomic E-state index is 12.8. The fourth-order valence-corrected chi connectivity index (χ4v) is 2.85. The largest absolute Gasteiger partial charge is 0.350 e. The van der Waals surface area contributed by atoms with E-state index in [1.54, 1.807) is 30.2 Å². The maximum Gasteiger partial charge on any atom is 0.256 e. The molecule has 116 valence electrons. The van der Waals surface area contributed by atoms with Gasteiger partial charge >= 0.3 is 0 Å². The Labute approximate surface area is 132 Å². The van der Waals surface area contributed by atoms with E-state index in [1.165, 1.54) is 4.52 Å². The molecule has 1 fully saturated rings. The van der Waals surface area contributed by atoms with Gasteiger partial charge in [0, 0.05) is 18.3 Å². The Morgan fingerprint density at radius 3 is 2.77 bits per heavy atom. The molecule has 1 aliphatic rings. The van der Waals surface area contributed by atoms with Crippen molar-refractivity contribution in [3.05, 3.63) is 29.2 Å². The first-order valence-electron chi connectivity index (χ1n) is 7.03. The minimum absolute atomic E-state index is 0.0998. The lowest BCUT2D eigenvalue weighted by atomic mass is 10.0. The van der Waals surface area contributed by atoms with Crippen LogP contribution in [0, 0.1) is 0 Å². The number of piperazine rings is 1. The van der Waals surface area contributed by atoms with Gasteiger partial charge in [0.05, 0.1) is 5.56 Å². The zero-order valence-electron chi connectivity index (χ0n) is 12.4. The van der Waals surface area contributed by atoms with Crippen molar-refractivity contribution in [2.75, 3.05) is 0 Å². The van der Waals surface area contributed by atoms with Crippen molar-refractivity contribution in [2.24, 2.45) is 0 Å². The van der Waals surface area contributed by atoms with E-state index >= 15 is 0 Å². The molecule has 8 heteroatoms. The molecule has 1 aliphatic heterocycles. The van der Waals surface area contributed by atoms with Crippen LogP contribution in [0.3, 0.4) is 0 Å². The van der Waals surface area contributed by atoms with Gasteiger partial charge in [-0.1, -0.05) is 0 Å². The lowest BCUT2D eigenvalue weighted by Gasteiger charge is -2.42. The molecule has 0 spiro atoms.